The summed E-state index contributed by atoms with van der Waals surface area (Å²) < 4.78 is 0.146. The average Bonchev–Trinajstić information content (AvgIpc) is 1.99. The van der Waals surface area contributed by atoms with Crippen LogP contribution in [0, 0.1) is 0 Å². The molecule has 0 saturated carbocycles. The summed E-state index contributed by atoms with van der Waals surface area (Å²) >= 11 is 2.91. The van der Waals surface area contributed by atoms with Crippen LogP contribution in [-0.2, 0) is 0 Å². The molecular formula is C7H6BrNO3. The Kier molecular flexibility index (Phi) is 2.23. The molecule has 5 heteroatoms. The number of aromatic hydroxyl groups is 2. The lowest BCUT2D eigenvalue weighted by Gasteiger charge is -2.01. The molecule has 0 aliphatic heterocycles. The van der Waals surface area contributed by atoms with Gasteiger partial charge in [0.15, 0.2) is 0 Å². The van der Waals surface area contributed by atoms with Gasteiger partial charge in [-0.15, -0.1) is 0 Å². The second-order valence-corrected chi connectivity index (χ2v) is 2.99. The van der Waals surface area contributed by atoms with Crippen LogP contribution in [0.1, 0.15) is 10.4 Å². The Hall–Kier alpha value is -1.23. The van der Waals surface area contributed by atoms with Gasteiger partial charge in [-0.3, -0.25) is 4.79 Å². The number of benzene rings is 1. The molecule has 0 aliphatic rings. The zero-order chi connectivity index (χ0) is 9.30. The molecule has 1 rings (SSSR count). The summed E-state index contributed by atoms with van der Waals surface area (Å²) in [5.74, 6) is -1.14. The van der Waals surface area contributed by atoms with Crippen LogP contribution in [0.4, 0.5) is 0 Å². The molecule has 0 saturated heterocycles. The molecule has 4 N–H and O–H groups in total. The van der Waals surface area contributed by atoms with E-state index in [1.807, 2.05) is 0 Å². The maximum atomic E-state index is 10.6. The smallest absolute Gasteiger partial charge is 0.248 e. The van der Waals surface area contributed by atoms with Crippen molar-refractivity contribution in [2.24, 2.45) is 5.73 Å². The van der Waals surface area contributed by atoms with Gasteiger partial charge in [-0.2, -0.15) is 0 Å². The zero-order valence-corrected chi connectivity index (χ0v) is 7.50. The molecule has 0 radical (unpaired) electrons. The third-order valence-corrected chi connectivity index (χ3v) is 2.13. The molecule has 12 heavy (non-hydrogen) atoms. The second-order valence-electron chi connectivity index (χ2n) is 2.19. The molecule has 0 heterocycles. The number of hydrogen-bond donors (Lipinski definition) is 3. The van der Waals surface area contributed by atoms with Gasteiger partial charge in [0.25, 0.3) is 0 Å². The number of halogens is 1. The third-order valence-electron chi connectivity index (χ3n) is 1.32. The van der Waals surface area contributed by atoms with E-state index in [1.165, 1.54) is 12.1 Å². The molecular weight excluding hydrogens is 226 g/mol. The summed E-state index contributed by atoms with van der Waals surface area (Å²) in [6.45, 7) is 0. The minimum absolute atomic E-state index is 0.0631. The van der Waals surface area contributed by atoms with Crippen molar-refractivity contribution in [2.45, 2.75) is 0 Å². The number of phenolic OH excluding ortho intramolecular Hbond substituents is 2. The number of phenols is 2. The van der Waals surface area contributed by atoms with Crippen LogP contribution in [0.15, 0.2) is 16.6 Å². The van der Waals surface area contributed by atoms with E-state index in [-0.39, 0.29) is 21.5 Å². The lowest BCUT2D eigenvalue weighted by molar-refractivity contribution is 0.0999. The Morgan fingerprint density at radius 1 is 1.33 bits per heavy atom. The summed E-state index contributed by atoms with van der Waals surface area (Å²) in [7, 11) is 0. The van der Waals surface area contributed by atoms with Gasteiger partial charge < -0.3 is 15.9 Å². The van der Waals surface area contributed by atoms with Crippen LogP contribution in [0.25, 0.3) is 0 Å². The monoisotopic (exact) mass is 231 g/mol. The number of rotatable bonds is 1. The van der Waals surface area contributed by atoms with E-state index in [9.17, 15) is 4.79 Å². The van der Waals surface area contributed by atoms with Crippen LogP contribution in [0.2, 0.25) is 0 Å². The molecule has 0 fully saturated rings. The SMILES string of the molecule is NC(=O)c1cc(O)c(Br)c(O)c1. The predicted molar refractivity (Wildman–Crippen MR) is 46.0 cm³/mol. The normalized spacial score (nSPS) is 9.75. The van der Waals surface area contributed by atoms with Crippen molar-refractivity contribution >= 4 is 21.8 Å². The number of amides is 1. The largest absolute Gasteiger partial charge is 0.507 e. The molecule has 4 nitrogen and oxygen atoms in total. The average molecular weight is 232 g/mol. The molecule has 1 aromatic rings. The predicted octanol–water partition coefficient (Wildman–Crippen LogP) is 0.959. The van der Waals surface area contributed by atoms with Gasteiger partial charge in [0.2, 0.25) is 5.91 Å². The Labute approximate surface area is 76.8 Å². The standard InChI is InChI=1S/C7H6BrNO3/c8-6-4(10)1-3(7(9)12)2-5(6)11/h1-2,10-11H,(H2,9,12). The van der Waals surface area contributed by atoms with Gasteiger partial charge in [-0.1, -0.05) is 0 Å². The van der Waals surface area contributed by atoms with Gasteiger partial charge in [0, 0.05) is 5.56 Å². The van der Waals surface area contributed by atoms with E-state index in [4.69, 9.17) is 15.9 Å². The van der Waals surface area contributed by atoms with E-state index >= 15 is 0 Å². The van der Waals surface area contributed by atoms with Crippen LogP contribution in [0.5, 0.6) is 11.5 Å². The van der Waals surface area contributed by atoms with E-state index in [0.717, 1.165) is 0 Å². The molecule has 0 atom stereocenters. The first-order valence-electron chi connectivity index (χ1n) is 3.03. The summed E-state index contributed by atoms with van der Waals surface area (Å²) in [6, 6.07) is 2.35. The van der Waals surface area contributed by atoms with Crippen molar-refractivity contribution in [1.82, 2.24) is 0 Å². The summed E-state index contributed by atoms with van der Waals surface area (Å²) in [5, 5.41) is 18.2. The van der Waals surface area contributed by atoms with Crippen molar-refractivity contribution in [3.8, 4) is 11.5 Å². The van der Waals surface area contributed by atoms with Crippen molar-refractivity contribution in [3.63, 3.8) is 0 Å². The first-order chi connectivity index (χ1) is 5.52. The Balaban J connectivity index is 3.31. The first kappa shape index (κ1) is 8.86. The quantitative estimate of drug-likeness (QED) is 0.674. The second kappa shape index (κ2) is 3.02. The topological polar surface area (TPSA) is 83.6 Å². The number of carbonyl (C=O) groups is 1. The van der Waals surface area contributed by atoms with Gasteiger partial charge in [-0.05, 0) is 28.1 Å². The van der Waals surface area contributed by atoms with Gasteiger partial charge in [0.1, 0.15) is 16.0 Å². The minimum Gasteiger partial charge on any atom is -0.507 e. The first-order valence-corrected chi connectivity index (χ1v) is 3.83. The summed E-state index contributed by atoms with van der Waals surface area (Å²) in [6.07, 6.45) is 0. The maximum absolute atomic E-state index is 10.6. The van der Waals surface area contributed by atoms with E-state index in [0.29, 0.717) is 0 Å². The van der Waals surface area contributed by atoms with Gasteiger partial charge >= 0.3 is 0 Å². The molecule has 0 aliphatic carbocycles. The van der Waals surface area contributed by atoms with Crippen LogP contribution < -0.4 is 5.73 Å². The molecule has 1 amide bonds. The fourth-order valence-electron chi connectivity index (χ4n) is 0.736. The third kappa shape index (κ3) is 1.50. The fraction of sp³-hybridized carbons (Fsp3) is 0. The van der Waals surface area contributed by atoms with Crippen molar-refractivity contribution < 1.29 is 15.0 Å². The van der Waals surface area contributed by atoms with Gasteiger partial charge in [-0.25, -0.2) is 0 Å². The number of primary amides is 1. The highest BCUT2D eigenvalue weighted by molar-refractivity contribution is 9.10. The Morgan fingerprint density at radius 3 is 2.08 bits per heavy atom. The summed E-state index contributed by atoms with van der Waals surface area (Å²) in [4.78, 5) is 10.6. The fourth-order valence-corrected chi connectivity index (χ4v) is 0.965. The van der Waals surface area contributed by atoms with E-state index in [2.05, 4.69) is 15.9 Å². The maximum Gasteiger partial charge on any atom is 0.248 e. The number of hydrogen-bond acceptors (Lipinski definition) is 3. The highest BCUT2D eigenvalue weighted by Crippen LogP contribution is 2.33. The molecule has 0 spiro atoms. The Morgan fingerprint density at radius 2 is 1.75 bits per heavy atom. The molecule has 0 unspecified atom stereocenters. The van der Waals surface area contributed by atoms with E-state index < -0.39 is 5.91 Å². The van der Waals surface area contributed by atoms with Gasteiger partial charge in [0.05, 0.1) is 0 Å². The molecule has 1 aromatic carbocycles. The highest BCUT2D eigenvalue weighted by atomic mass is 79.9. The van der Waals surface area contributed by atoms with Crippen molar-refractivity contribution in [1.29, 1.82) is 0 Å². The number of carbonyl (C=O) groups excluding carboxylic acids is 1. The molecule has 0 aromatic heterocycles. The highest BCUT2D eigenvalue weighted by Gasteiger charge is 2.09. The van der Waals surface area contributed by atoms with E-state index in [1.54, 1.807) is 0 Å². The lowest BCUT2D eigenvalue weighted by Crippen LogP contribution is -2.10. The van der Waals surface area contributed by atoms with Crippen LogP contribution in [0.3, 0.4) is 0 Å². The molecule has 0 bridgehead atoms. The van der Waals surface area contributed by atoms with Crippen molar-refractivity contribution in [2.75, 3.05) is 0 Å². The summed E-state index contributed by atoms with van der Waals surface area (Å²) in [5.41, 5.74) is 4.99. The Bertz CT molecular complexity index is 314. The van der Waals surface area contributed by atoms with Crippen LogP contribution >= 0.6 is 15.9 Å². The molecule has 64 valence electrons. The lowest BCUT2D eigenvalue weighted by atomic mass is 10.2. The number of nitrogens with two attached hydrogens (primary N) is 1. The van der Waals surface area contributed by atoms with Crippen LogP contribution in [-0.4, -0.2) is 16.1 Å². The zero-order valence-electron chi connectivity index (χ0n) is 5.91. The van der Waals surface area contributed by atoms with Crippen molar-refractivity contribution in [3.05, 3.63) is 22.2 Å². The minimum atomic E-state index is -0.701.